The molecule has 0 heterocycles. The zero-order valence-electron chi connectivity index (χ0n) is 77.8. The van der Waals surface area contributed by atoms with Crippen LogP contribution in [-0.4, -0.2) is 10.2 Å². The van der Waals surface area contributed by atoms with Crippen LogP contribution in [0.15, 0.2) is 218 Å². The topological polar surface area (TPSA) is 40.5 Å². The second-order valence-corrected chi connectivity index (χ2v) is 39.5. The first-order valence-corrected chi connectivity index (χ1v) is 51.5. The molecule has 0 radical (unpaired) electrons. The van der Waals surface area contributed by atoms with Crippen molar-refractivity contribution in [3.63, 3.8) is 0 Å². The third kappa shape index (κ3) is 18.1. The molecular formula is C126H138O2. The highest BCUT2D eigenvalue weighted by Gasteiger charge is 2.34. The number of phenolic OH excluding ortho intramolecular Hbond substituents is 2. The fourth-order valence-corrected chi connectivity index (χ4v) is 23.3. The zero-order valence-corrected chi connectivity index (χ0v) is 77.8. The Kier molecular flexibility index (Phi) is 27.6. The molecule has 19 aromatic rings. The Morgan fingerprint density at radius 3 is 0.398 bits per heavy atom. The number of aromatic hydroxyl groups is 2. The minimum atomic E-state index is 0.261. The Labute approximate surface area is 763 Å². The van der Waals surface area contributed by atoms with Gasteiger partial charge in [-0.25, -0.2) is 0 Å². The fraction of sp³-hybridized carbons (Fsp3) is 0.381. The number of benzene rings is 19. The van der Waals surface area contributed by atoms with Crippen molar-refractivity contribution < 1.29 is 10.2 Å². The van der Waals surface area contributed by atoms with Crippen molar-refractivity contribution in [3.8, 4) is 78.3 Å². The molecule has 19 aromatic carbocycles. The van der Waals surface area contributed by atoms with Gasteiger partial charge in [0, 0.05) is 0 Å². The molecule has 0 atom stereocenters. The van der Waals surface area contributed by atoms with Crippen LogP contribution in [0.2, 0.25) is 0 Å². The quantitative estimate of drug-likeness (QED) is 0.0227. The molecule has 0 aliphatic heterocycles. The largest absolute Gasteiger partial charge is 0.508 e. The van der Waals surface area contributed by atoms with Crippen molar-refractivity contribution in [1.82, 2.24) is 0 Å². The minimum absolute atomic E-state index is 0.261. The number of unbranched alkanes of at least 4 members (excludes halogenated alkanes) is 36. The van der Waals surface area contributed by atoms with E-state index in [-0.39, 0.29) is 11.5 Å². The average molecular weight is 1680 g/mol. The van der Waals surface area contributed by atoms with Crippen LogP contribution >= 0.6 is 0 Å². The number of fused-ring (bicyclic) bond motifs is 6. The van der Waals surface area contributed by atoms with Gasteiger partial charge in [0.2, 0.25) is 0 Å². The Morgan fingerprint density at radius 1 is 0.133 bits per heavy atom. The first kappa shape index (κ1) is 86.8. The van der Waals surface area contributed by atoms with Crippen molar-refractivity contribution in [3.05, 3.63) is 241 Å². The highest BCUT2D eigenvalue weighted by atomic mass is 16.3. The second kappa shape index (κ2) is 40.6. The Hall–Kier alpha value is -10.5. The molecule has 654 valence electrons. The summed E-state index contributed by atoms with van der Waals surface area (Å²) in [5.41, 5.74) is 20.1. The highest BCUT2D eigenvalue weighted by molar-refractivity contribution is 6.61. The summed E-state index contributed by atoms with van der Waals surface area (Å²) in [7, 11) is 0. The lowest BCUT2D eigenvalue weighted by atomic mass is 9.72. The van der Waals surface area contributed by atoms with E-state index in [4.69, 9.17) is 0 Å². The van der Waals surface area contributed by atoms with Gasteiger partial charge in [-0.05, 0) is 367 Å². The molecule has 0 unspecified atom stereocenters. The molecule has 0 saturated heterocycles. The van der Waals surface area contributed by atoms with Gasteiger partial charge < -0.3 is 10.2 Å². The third-order valence-electron chi connectivity index (χ3n) is 30.4. The molecule has 0 saturated carbocycles. The number of hydrogen-bond donors (Lipinski definition) is 2. The molecule has 2 heteroatoms. The van der Waals surface area contributed by atoms with Gasteiger partial charge in [0.25, 0.3) is 0 Å². The number of aryl methyl sites for hydroxylation is 4. The van der Waals surface area contributed by atoms with E-state index in [1.807, 2.05) is 24.3 Å². The Morgan fingerprint density at radius 2 is 0.258 bits per heavy atom. The molecule has 2 nitrogen and oxygen atoms in total. The first-order chi connectivity index (χ1) is 63.2. The van der Waals surface area contributed by atoms with Crippen LogP contribution in [0.1, 0.15) is 307 Å². The van der Waals surface area contributed by atoms with Gasteiger partial charge in [-0.3, -0.25) is 0 Å². The Balaban J connectivity index is 0.842. The van der Waals surface area contributed by atoms with Gasteiger partial charge in [-0.1, -0.05) is 380 Å². The van der Waals surface area contributed by atoms with Crippen molar-refractivity contribution >= 4 is 129 Å². The van der Waals surface area contributed by atoms with Crippen molar-refractivity contribution in [2.45, 2.75) is 310 Å². The van der Waals surface area contributed by atoms with E-state index in [1.165, 1.54) is 453 Å². The molecule has 2 N–H and O–H groups in total. The summed E-state index contributed by atoms with van der Waals surface area (Å²) < 4.78 is 0. The summed E-state index contributed by atoms with van der Waals surface area (Å²) in [6.45, 7) is 9.27. The van der Waals surface area contributed by atoms with Crippen LogP contribution in [0.3, 0.4) is 0 Å². The zero-order chi connectivity index (χ0) is 86.8. The predicted octanol–water partition coefficient (Wildman–Crippen LogP) is 39.4. The fourth-order valence-electron chi connectivity index (χ4n) is 23.3. The molecule has 0 aromatic heterocycles. The summed E-state index contributed by atoms with van der Waals surface area (Å²) in [6, 6.07) is 86.3. The van der Waals surface area contributed by atoms with Gasteiger partial charge >= 0.3 is 0 Å². The monoisotopic (exact) mass is 1680 g/mol. The van der Waals surface area contributed by atoms with E-state index in [1.54, 1.807) is 0 Å². The number of hydrogen-bond acceptors (Lipinski definition) is 2. The normalized spacial score (nSPS) is 12.4. The van der Waals surface area contributed by atoms with Crippen LogP contribution in [0.4, 0.5) is 0 Å². The molecule has 0 fully saturated rings. The van der Waals surface area contributed by atoms with Gasteiger partial charge in [-0.2, -0.15) is 0 Å². The van der Waals surface area contributed by atoms with Crippen LogP contribution < -0.4 is 0 Å². The SMILES string of the molecule is CCCCCCCCCCCCc1ccc(-c2cc3c4cc(-c5ccc(O)cc5)cc5c6cc(-c7ccc(O)cc7)cc7c8cc(-c9ccc(CCCCCCCCCCCC)cc9)cc9c%10cc(-c%11ccc(CCCCCCCCCCCC)cc%11)cc%11c%12cc(-c%13ccc(CCCCCCCCCCCC)cc%13)cc%13c(c2)c3c2c(c54)c(c67)c(c89)c(c%10%11)c2c%13%12)cc1. The minimum Gasteiger partial charge on any atom is -0.508 e. The molecule has 0 spiro atoms. The van der Waals surface area contributed by atoms with E-state index in [0.29, 0.717) is 0 Å². The Bertz CT molecular complexity index is 6410. The van der Waals surface area contributed by atoms with Crippen molar-refractivity contribution in [2.24, 2.45) is 0 Å². The number of rotatable bonds is 50. The van der Waals surface area contributed by atoms with Crippen molar-refractivity contribution in [2.75, 3.05) is 0 Å². The molecule has 128 heavy (non-hydrogen) atoms. The first-order valence-electron chi connectivity index (χ1n) is 51.5. The van der Waals surface area contributed by atoms with Gasteiger partial charge in [-0.15, -0.1) is 0 Å². The predicted molar refractivity (Wildman–Crippen MR) is 562 cm³/mol. The molecule has 0 aliphatic rings. The van der Waals surface area contributed by atoms with Crippen LogP contribution in [0.5, 0.6) is 11.5 Å². The molecule has 0 bridgehead atoms. The summed E-state index contributed by atoms with van der Waals surface area (Å²) in [5, 5.41) is 53.9. The molecular weight excluding hydrogens is 1550 g/mol. The van der Waals surface area contributed by atoms with E-state index >= 15 is 0 Å². The van der Waals surface area contributed by atoms with Crippen LogP contribution in [-0.2, 0) is 25.7 Å². The summed E-state index contributed by atoms with van der Waals surface area (Å²) >= 11 is 0. The maximum absolute atomic E-state index is 11.1. The van der Waals surface area contributed by atoms with Crippen LogP contribution in [0, 0.1) is 0 Å². The van der Waals surface area contributed by atoms with E-state index in [2.05, 4.69) is 222 Å². The lowest BCUT2D eigenvalue weighted by Crippen LogP contribution is -2.02. The average Bonchev–Trinajstić information content (AvgIpc) is 0.640. The molecule has 0 amide bonds. The van der Waals surface area contributed by atoms with Gasteiger partial charge in [0.15, 0.2) is 0 Å². The smallest absolute Gasteiger partial charge is 0.115 e. The van der Waals surface area contributed by atoms with Gasteiger partial charge in [0.1, 0.15) is 11.5 Å². The highest BCUT2D eigenvalue weighted by Crippen LogP contribution is 2.63. The summed E-state index contributed by atoms with van der Waals surface area (Å²) in [5.74, 6) is 0.523. The maximum atomic E-state index is 11.1. The number of phenols is 2. The van der Waals surface area contributed by atoms with Crippen molar-refractivity contribution in [1.29, 1.82) is 0 Å². The molecule has 19 rings (SSSR count). The maximum Gasteiger partial charge on any atom is 0.115 e. The molecule has 0 aliphatic carbocycles. The summed E-state index contributed by atoms with van der Waals surface area (Å²) in [6.07, 6.45) is 58.0. The third-order valence-corrected chi connectivity index (χ3v) is 30.4. The lowest BCUT2D eigenvalue weighted by molar-refractivity contribution is 0.475. The van der Waals surface area contributed by atoms with E-state index in [9.17, 15) is 10.2 Å². The van der Waals surface area contributed by atoms with Crippen LogP contribution in [0.25, 0.3) is 196 Å². The standard InChI is InChI=1S/C126H138O2/c1-5-9-13-17-21-25-29-33-37-41-45-85-49-57-89(58-50-85)95-73-103-104-74-96(90-59-51-86(52-60-90)46-42-38-34-30-26-22-18-14-10-6-2)76-106-108-78-98(92-63-55-88(56-64-92)48-44-40-36-32-28-24-20-16-12-8-4)80-110-112-82-100(94-67-71-102(128)72-68-94)84-114-113-83-99(93-65-69-101(127)70-66-93)81-111-109-79-97(91-61-53-87(54-62-91)47-43-39-35-31-27-23-19-15-11-7-3)77-107-105(75-95)115(103)121-122(116(104)106)124(118(108)110)126(120(112)114)125(119(111)113)123(121)117(107)109/h49-84,127-128H,5-48H2,1-4H3. The van der Waals surface area contributed by atoms with E-state index in [0.717, 1.165) is 47.9 Å². The second-order valence-electron chi connectivity index (χ2n) is 39.5. The van der Waals surface area contributed by atoms with Gasteiger partial charge in [0.05, 0.1) is 0 Å². The summed E-state index contributed by atoms with van der Waals surface area (Å²) in [4.78, 5) is 0. The lowest BCUT2D eigenvalue weighted by Gasteiger charge is -2.30. The van der Waals surface area contributed by atoms with E-state index < -0.39 is 0 Å².